The Balaban J connectivity index is 2.17. The zero-order valence-electron chi connectivity index (χ0n) is 10.6. The summed E-state index contributed by atoms with van der Waals surface area (Å²) >= 11 is 0. The second-order valence-corrected chi connectivity index (χ2v) is 4.64. The van der Waals surface area contributed by atoms with E-state index in [0.29, 0.717) is 19.6 Å². The molecular weight excluding hydrogens is 230 g/mol. The highest BCUT2D eigenvalue weighted by atomic mass is 16.5. The van der Waals surface area contributed by atoms with E-state index in [1.54, 1.807) is 7.11 Å². The zero-order chi connectivity index (χ0) is 13.0. The maximum atomic E-state index is 11.7. The number of hydrogen-bond donors (Lipinski definition) is 2. The average molecular weight is 249 g/mol. The first-order valence-electron chi connectivity index (χ1n) is 6.26. The zero-order valence-corrected chi connectivity index (χ0v) is 10.6. The van der Waals surface area contributed by atoms with Crippen LogP contribution in [0.4, 0.5) is 0 Å². The quantitative estimate of drug-likeness (QED) is 0.751. The molecule has 1 aromatic carbocycles. The summed E-state index contributed by atoms with van der Waals surface area (Å²) in [4.78, 5) is 11.7. The Kier molecular flexibility index (Phi) is 3.99. The molecule has 0 bridgehead atoms. The number of methoxy groups -OCH3 is 1. The monoisotopic (exact) mass is 249 g/mol. The van der Waals surface area contributed by atoms with Crippen LogP contribution in [0.2, 0.25) is 0 Å². The van der Waals surface area contributed by atoms with Crippen LogP contribution >= 0.6 is 0 Å². The van der Waals surface area contributed by atoms with Crippen molar-refractivity contribution < 1.29 is 14.6 Å². The minimum Gasteiger partial charge on any atom is -0.480 e. The molecule has 2 N–H and O–H groups in total. The molecule has 2 rings (SSSR count). The van der Waals surface area contributed by atoms with Crippen molar-refractivity contribution in [3.63, 3.8) is 0 Å². The standard InChI is InChI=1S/C14H19NO3/c1-18-10-4-9-15-14(13(16)17)8-7-11-5-2-3-6-12(11)14/h2-3,5-6,15H,4,7-10H2,1H3,(H,16,17). The van der Waals surface area contributed by atoms with Crippen molar-refractivity contribution in [1.82, 2.24) is 5.32 Å². The van der Waals surface area contributed by atoms with Crippen LogP contribution in [0.3, 0.4) is 0 Å². The van der Waals surface area contributed by atoms with Gasteiger partial charge in [-0.3, -0.25) is 5.32 Å². The molecule has 18 heavy (non-hydrogen) atoms. The van der Waals surface area contributed by atoms with Crippen LogP contribution < -0.4 is 5.32 Å². The van der Waals surface area contributed by atoms with Gasteiger partial charge < -0.3 is 9.84 Å². The number of carboxylic acid groups (broad SMARTS) is 1. The number of rotatable bonds is 6. The van der Waals surface area contributed by atoms with Gasteiger partial charge in [-0.1, -0.05) is 24.3 Å². The fourth-order valence-electron chi connectivity index (χ4n) is 2.61. The van der Waals surface area contributed by atoms with Crippen molar-refractivity contribution in [1.29, 1.82) is 0 Å². The molecule has 0 aliphatic heterocycles. The van der Waals surface area contributed by atoms with Gasteiger partial charge in [0.25, 0.3) is 0 Å². The van der Waals surface area contributed by atoms with E-state index in [2.05, 4.69) is 5.32 Å². The lowest BCUT2D eigenvalue weighted by atomic mass is 9.91. The summed E-state index contributed by atoms with van der Waals surface area (Å²) in [6.45, 7) is 1.29. The smallest absolute Gasteiger partial charge is 0.328 e. The number of aryl methyl sites for hydroxylation is 1. The third kappa shape index (κ3) is 2.26. The number of benzene rings is 1. The summed E-state index contributed by atoms with van der Waals surface area (Å²) in [7, 11) is 1.65. The molecule has 1 aromatic rings. The van der Waals surface area contributed by atoms with Crippen molar-refractivity contribution >= 4 is 5.97 Å². The lowest BCUT2D eigenvalue weighted by molar-refractivity contribution is -0.145. The first-order chi connectivity index (χ1) is 8.70. The molecule has 0 amide bonds. The van der Waals surface area contributed by atoms with Gasteiger partial charge in [-0.05, 0) is 36.9 Å². The summed E-state index contributed by atoms with van der Waals surface area (Å²) in [6, 6.07) is 7.79. The molecule has 0 spiro atoms. The minimum absolute atomic E-state index is 0.620. The predicted molar refractivity (Wildman–Crippen MR) is 68.6 cm³/mol. The van der Waals surface area contributed by atoms with E-state index in [0.717, 1.165) is 24.0 Å². The fourth-order valence-corrected chi connectivity index (χ4v) is 2.61. The second kappa shape index (κ2) is 5.50. The molecule has 4 nitrogen and oxygen atoms in total. The van der Waals surface area contributed by atoms with Crippen molar-refractivity contribution in [3.8, 4) is 0 Å². The Labute approximate surface area is 107 Å². The summed E-state index contributed by atoms with van der Waals surface area (Å²) < 4.78 is 4.98. The molecule has 0 radical (unpaired) electrons. The molecule has 1 atom stereocenters. The molecule has 0 saturated carbocycles. The summed E-state index contributed by atoms with van der Waals surface area (Å²) in [6.07, 6.45) is 2.25. The summed E-state index contributed by atoms with van der Waals surface area (Å²) in [5.74, 6) is -0.787. The van der Waals surface area contributed by atoms with Gasteiger partial charge in [0.05, 0.1) is 0 Å². The maximum absolute atomic E-state index is 11.7. The van der Waals surface area contributed by atoms with Crippen molar-refractivity contribution in [2.45, 2.75) is 24.8 Å². The average Bonchev–Trinajstić information content (AvgIpc) is 2.75. The van der Waals surface area contributed by atoms with Crippen molar-refractivity contribution in [2.24, 2.45) is 0 Å². The van der Waals surface area contributed by atoms with E-state index in [4.69, 9.17) is 4.74 Å². The van der Waals surface area contributed by atoms with E-state index in [9.17, 15) is 9.90 Å². The van der Waals surface area contributed by atoms with Gasteiger partial charge in [0.15, 0.2) is 0 Å². The number of carboxylic acids is 1. The van der Waals surface area contributed by atoms with E-state index < -0.39 is 11.5 Å². The highest BCUT2D eigenvalue weighted by molar-refractivity contribution is 5.82. The molecule has 4 heteroatoms. The van der Waals surface area contributed by atoms with Crippen LogP contribution in [0.25, 0.3) is 0 Å². The van der Waals surface area contributed by atoms with Crippen LogP contribution in [0, 0.1) is 0 Å². The van der Waals surface area contributed by atoms with Crippen LogP contribution in [-0.4, -0.2) is 31.3 Å². The number of ether oxygens (including phenoxy) is 1. The third-order valence-corrected chi connectivity index (χ3v) is 3.56. The molecule has 0 saturated heterocycles. The van der Waals surface area contributed by atoms with Gasteiger partial charge >= 0.3 is 5.97 Å². The van der Waals surface area contributed by atoms with Gasteiger partial charge in [-0.25, -0.2) is 4.79 Å². The van der Waals surface area contributed by atoms with E-state index >= 15 is 0 Å². The maximum Gasteiger partial charge on any atom is 0.328 e. The normalized spacial score (nSPS) is 21.8. The van der Waals surface area contributed by atoms with E-state index in [1.807, 2.05) is 24.3 Å². The van der Waals surface area contributed by atoms with Crippen LogP contribution in [0.15, 0.2) is 24.3 Å². The van der Waals surface area contributed by atoms with Crippen LogP contribution in [0.5, 0.6) is 0 Å². The fraction of sp³-hybridized carbons (Fsp3) is 0.500. The molecule has 1 aliphatic carbocycles. The number of aliphatic carboxylic acids is 1. The second-order valence-electron chi connectivity index (χ2n) is 4.64. The lowest BCUT2D eigenvalue weighted by Crippen LogP contribution is -2.48. The summed E-state index contributed by atoms with van der Waals surface area (Å²) in [5, 5.41) is 12.8. The number of hydrogen-bond acceptors (Lipinski definition) is 3. The third-order valence-electron chi connectivity index (χ3n) is 3.56. The van der Waals surface area contributed by atoms with Crippen molar-refractivity contribution in [2.75, 3.05) is 20.3 Å². The van der Waals surface area contributed by atoms with Gasteiger partial charge in [0.2, 0.25) is 0 Å². The largest absolute Gasteiger partial charge is 0.480 e. The Morgan fingerprint density at radius 2 is 2.28 bits per heavy atom. The Hall–Kier alpha value is -1.39. The van der Waals surface area contributed by atoms with Gasteiger partial charge in [-0.15, -0.1) is 0 Å². The van der Waals surface area contributed by atoms with E-state index in [1.165, 1.54) is 0 Å². The Morgan fingerprint density at radius 3 is 3.00 bits per heavy atom. The highest BCUT2D eigenvalue weighted by Gasteiger charge is 2.44. The molecular formula is C14H19NO3. The van der Waals surface area contributed by atoms with Crippen molar-refractivity contribution in [3.05, 3.63) is 35.4 Å². The minimum atomic E-state index is -0.912. The summed E-state index contributed by atoms with van der Waals surface area (Å²) in [5.41, 5.74) is 1.14. The lowest BCUT2D eigenvalue weighted by Gasteiger charge is -2.27. The molecule has 0 fully saturated rings. The first kappa shape index (κ1) is 13.1. The highest BCUT2D eigenvalue weighted by Crippen LogP contribution is 2.37. The number of nitrogens with one attached hydrogen (secondary N) is 1. The van der Waals surface area contributed by atoms with Gasteiger partial charge in [-0.2, -0.15) is 0 Å². The van der Waals surface area contributed by atoms with Crippen LogP contribution in [-0.2, 0) is 21.5 Å². The van der Waals surface area contributed by atoms with Gasteiger partial charge in [0.1, 0.15) is 5.54 Å². The molecule has 0 aromatic heterocycles. The van der Waals surface area contributed by atoms with Crippen LogP contribution in [0.1, 0.15) is 24.0 Å². The molecule has 1 unspecified atom stereocenters. The topological polar surface area (TPSA) is 58.6 Å². The number of carbonyl (C=O) groups is 1. The molecule has 0 heterocycles. The molecule has 98 valence electrons. The predicted octanol–water partition coefficient (Wildman–Crippen LogP) is 1.54. The Morgan fingerprint density at radius 1 is 1.50 bits per heavy atom. The first-order valence-corrected chi connectivity index (χ1v) is 6.26. The SMILES string of the molecule is COCCCNC1(C(=O)O)CCc2ccccc21. The van der Waals surface area contributed by atoms with E-state index in [-0.39, 0.29) is 0 Å². The molecule has 1 aliphatic rings. The Bertz CT molecular complexity index is 433. The number of fused-ring (bicyclic) bond motifs is 1. The van der Waals surface area contributed by atoms with Gasteiger partial charge in [0, 0.05) is 13.7 Å².